The molecule has 1 fully saturated rings. The summed E-state index contributed by atoms with van der Waals surface area (Å²) in [5, 5.41) is 19.9. The fourth-order valence-corrected chi connectivity index (χ4v) is 3.83. The molecule has 0 N–H and O–H groups in total. The molecule has 26 heavy (non-hydrogen) atoms. The van der Waals surface area contributed by atoms with Crippen molar-refractivity contribution in [3.05, 3.63) is 33.9 Å². The lowest BCUT2D eigenvalue weighted by Gasteiger charge is -2.40. The number of nitriles is 1. The molecule has 0 aliphatic carbocycles. The van der Waals surface area contributed by atoms with Crippen LogP contribution in [0.4, 0.5) is 5.82 Å². The Labute approximate surface area is 157 Å². The van der Waals surface area contributed by atoms with Crippen molar-refractivity contribution in [3.8, 4) is 6.07 Å². The van der Waals surface area contributed by atoms with Crippen LogP contribution in [0.5, 0.6) is 0 Å². The summed E-state index contributed by atoms with van der Waals surface area (Å²) in [5.74, 6) is 1.24. The number of thiazole rings is 1. The fourth-order valence-electron chi connectivity index (χ4n) is 3.00. The highest BCUT2D eigenvalue weighted by Gasteiger charge is 2.28. The van der Waals surface area contributed by atoms with Gasteiger partial charge in [0.05, 0.1) is 17.1 Å². The van der Waals surface area contributed by atoms with E-state index in [1.807, 2.05) is 22.4 Å². The van der Waals surface area contributed by atoms with Crippen LogP contribution in [0, 0.1) is 11.3 Å². The van der Waals surface area contributed by atoms with E-state index in [4.69, 9.17) is 5.26 Å². The Morgan fingerprint density at radius 2 is 2.19 bits per heavy atom. The molecule has 1 atom stereocenters. The van der Waals surface area contributed by atoms with Crippen molar-refractivity contribution in [1.82, 2.24) is 20.1 Å². The predicted molar refractivity (Wildman–Crippen MR) is 100 cm³/mol. The second-order valence-corrected chi connectivity index (χ2v) is 7.67. The maximum atomic E-state index is 12.6. The van der Waals surface area contributed by atoms with Crippen LogP contribution in [0.15, 0.2) is 17.5 Å². The van der Waals surface area contributed by atoms with Gasteiger partial charge in [0.2, 0.25) is 5.91 Å². The van der Waals surface area contributed by atoms with Crippen molar-refractivity contribution >= 4 is 23.1 Å². The van der Waals surface area contributed by atoms with E-state index in [1.165, 1.54) is 0 Å². The van der Waals surface area contributed by atoms with Gasteiger partial charge in [-0.15, -0.1) is 21.5 Å². The molecule has 3 heterocycles. The van der Waals surface area contributed by atoms with Gasteiger partial charge in [0, 0.05) is 37.0 Å². The highest BCUT2D eigenvalue weighted by Crippen LogP contribution is 2.21. The van der Waals surface area contributed by atoms with Crippen molar-refractivity contribution < 1.29 is 4.79 Å². The first-order valence-electron chi connectivity index (χ1n) is 8.70. The Morgan fingerprint density at radius 3 is 2.77 bits per heavy atom. The molecule has 1 amide bonds. The van der Waals surface area contributed by atoms with Crippen molar-refractivity contribution in [2.75, 3.05) is 24.5 Å². The molecule has 2 aromatic rings. The first-order valence-corrected chi connectivity index (χ1v) is 9.58. The van der Waals surface area contributed by atoms with Gasteiger partial charge in [-0.25, -0.2) is 4.98 Å². The quantitative estimate of drug-likeness (QED) is 0.820. The number of piperazine rings is 1. The minimum absolute atomic E-state index is 0.114. The Balaban J connectivity index is 1.60. The average molecular weight is 370 g/mol. The average Bonchev–Trinajstić information content (AvgIpc) is 3.10. The van der Waals surface area contributed by atoms with Gasteiger partial charge in [0.25, 0.3) is 0 Å². The summed E-state index contributed by atoms with van der Waals surface area (Å²) >= 11 is 1.62. The Hall–Kier alpha value is -2.53. The molecule has 0 unspecified atom stereocenters. The molecule has 136 valence electrons. The van der Waals surface area contributed by atoms with E-state index in [0.29, 0.717) is 37.7 Å². The molecular weight excluding hydrogens is 348 g/mol. The van der Waals surface area contributed by atoms with E-state index in [9.17, 15) is 4.79 Å². The molecule has 2 aromatic heterocycles. The molecule has 0 aromatic carbocycles. The highest BCUT2D eigenvalue weighted by atomic mass is 32.1. The third kappa shape index (κ3) is 3.99. The Kier molecular flexibility index (Phi) is 5.47. The van der Waals surface area contributed by atoms with Crippen LogP contribution in [0.2, 0.25) is 0 Å². The number of anilines is 1. The number of rotatable bonds is 4. The van der Waals surface area contributed by atoms with Gasteiger partial charge in [-0.3, -0.25) is 4.79 Å². The van der Waals surface area contributed by atoms with Crippen LogP contribution < -0.4 is 4.90 Å². The van der Waals surface area contributed by atoms with Crippen LogP contribution >= 0.6 is 11.3 Å². The maximum Gasteiger partial charge on any atom is 0.228 e. The maximum absolute atomic E-state index is 12.6. The highest BCUT2D eigenvalue weighted by molar-refractivity contribution is 7.09. The van der Waals surface area contributed by atoms with Crippen molar-refractivity contribution in [3.63, 3.8) is 0 Å². The molecule has 1 saturated heterocycles. The third-order valence-electron chi connectivity index (χ3n) is 4.44. The summed E-state index contributed by atoms with van der Waals surface area (Å²) in [6, 6.07) is 5.58. The lowest BCUT2D eigenvalue weighted by Crippen LogP contribution is -2.54. The van der Waals surface area contributed by atoms with Crippen molar-refractivity contribution in [1.29, 1.82) is 5.26 Å². The second-order valence-electron chi connectivity index (χ2n) is 6.78. The van der Waals surface area contributed by atoms with Crippen molar-refractivity contribution in [2.45, 2.75) is 39.2 Å². The summed E-state index contributed by atoms with van der Waals surface area (Å²) in [7, 11) is 0. The molecule has 0 radical (unpaired) electrons. The zero-order chi connectivity index (χ0) is 18.7. The number of carbonyl (C=O) groups is 1. The molecule has 1 aliphatic heterocycles. The molecule has 0 bridgehead atoms. The van der Waals surface area contributed by atoms with Gasteiger partial charge in [-0.2, -0.15) is 5.26 Å². The zero-order valence-electron chi connectivity index (χ0n) is 15.2. The minimum Gasteiger partial charge on any atom is -0.349 e. The minimum atomic E-state index is 0.114. The fraction of sp³-hybridized carbons (Fsp3) is 0.500. The first-order chi connectivity index (χ1) is 12.5. The largest absolute Gasteiger partial charge is 0.349 e. The van der Waals surface area contributed by atoms with Crippen LogP contribution in [0.25, 0.3) is 0 Å². The van der Waals surface area contributed by atoms with Gasteiger partial charge in [-0.1, -0.05) is 13.8 Å². The van der Waals surface area contributed by atoms with E-state index in [0.717, 1.165) is 16.5 Å². The number of amides is 1. The molecule has 7 nitrogen and oxygen atoms in total. The lowest BCUT2D eigenvalue weighted by atomic mass is 10.1. The van der Waals surface area contributed by atoms with Crippen molar-refractivity contribution in [2.24, 2.45) is 0 Å². The summed E-state index contributed by atoms with van der Waals surface area (Å²) in [5.41, 5.74) is 1.16. The molecule has 3 rings (SSSR count). The Morgan fingerprint density at radius 1 is 1.38 bits per heavy atom. The lowest BCUT2D eigenvalue weighted by molar-refractivity contribution is -0.131. The topological polar surface area (TPSA) is 86.0 Å². The molecule has 1 aliphatic rings. The SMILES string of the molecule is CC(C)c1nc(CC(=O)N2CCN(c3ccc(C#N)nn3)[C@H](C)C2)cs1. The van der Waals surface area contributed by atoms with Crippen LogP contribution in [0.3, 0.4) is 0 Å². The van der Waals surface area contributed by atoms with Crippen LogP contribution in [-0.4, -0.2) is 51.7 Å². The van der Waals surface area contributed by atoms with E-state index in [1.54, 1.807) is 17.4 Å². The van der Waals surface area contributed by atoms with Gasteiger partial charge in [-0.05, 0) is 19.1 Å². The molecule has 8 heteroatoms. The van der Waals surface area contributed by atoms with E-state index in [2.05, 4.69) is 40.9 Å². The van der Waals surface area contributed by atoms with Gasteiger partial charge in [0.1, 0.15) is 6.07 Å². The number of aromatic nitrogens is 3. The van der Waals surface area contributed by atoms with Gasteiger partial charge >= 0.3 is 0 Å². The van der Waals surface area contributed by atoms with Gasteiger partial charge in [0.15, 0.2) is 11.5 Å². The first kappa shape index (κ1) is 18.3. The standard InChI is InChI=1S/C18H22N6OS/c1-12(2)18-20-15(11-26-18)8-17(25)23-6-7-24(13(3)10-23)16-5-4-14(9-19)21-22-16/h4-5,11-13H,6-8,10H2,1-3H3/t13-/m1/s1. The number of hydrogen-bond acceptors (Lipinski definition) is 7. The summed E-state index contributed by atoms with van der Waals surface area (Å²) in [6.45, 7) is 8.27. The zero-order valence-corrected chi connectivity index (χ0v) is 16.0. The van der Waals surface area contributed by atoms with Crippen LogP contribution in [-0.2, 0) is 11.2 Å². The summed E-state index contributed by atoms with van der Waals surface area (Å²) in [4.78, 5) is 21.2. The van der Waals surface area contributed by atoms with Crippen LogP contribution in [0.1, 0.15) is 43.1 Å². The number of hydrogen-bond donors (Lipinski definition) is 0. The summed E-state index contributed by atoms with van der Waals surface area (Å²) < 4.78 is 0. The van der Waals surface area contributed by atoms with E-state index >= 15 is 0 Å². The Bertz CT molecular complexity index is 810. The molecule has 0 spiro atoms. The smallest absolute Gasteiger partial charge is 0.228 e. The molecular formula is C18H22N6OS. The molecule has 0 saturated carbocycles. The number of carbonyl (C=O) groups excluding carboxylic acids is 1. The monoisotopic (exact) mass is 370 g/mol. The third-order valence-corrected chi connectivity index (χ3v) is 5.63. The predicted octanol–water partition coefficient (Wildman–Crippen LogP) is 2.21. The normalized spacial score (nSPS) is 17.4. The number of nitrogens with zero attached hydrogens (tertiary/aromatic N) is 6. The second kappa shape index (κ2) is 7.79. The van der Waals surface area contributed by atoms with E-state index in [-0.39, 0.29) is 11.9 Å². The van der Waals surface area contributed by atoms with E-state index < -0.39 is 0 Å². The van der Waals surface area contributed by atoms with Gasteiger partial charge < -0.3 is 9.80 Å². The summed E-state index contributed by atoms with van der Waals surface area (Å²) in [6.07, 6.45) is 0.354.